The van der Waals surface area contributed by atoms with Crippen molar-refractivity contribution >= 4 is 55.2 Å². The maximum atomic E-state index is 13.1. The second-order valence-electron chi connectivity index (χ2n) is 7.85. The van der Waals surface area contributed by atoms with Crippen LogP contribution in [-0.4, -0.2) is 65.5 Å². The molecule has 1 aromatic carbocycles. The molecule has 2 aliphatic heterocycles. The first-order valence-electron chi connectivity index (χ1n) is 10.4. The average molecular weight is 484 g/mol. The molecule has 3 aromatic rings. The second-order valence-corrected chi connectivity index (χ2v) is 11.1. The molecule has 2 amide bonds. The Balaban J connectivity index is 1.40. The van der Waals surface area contributed by atoms with Crippen LogP contribution in [0.5, 0.6) is 0 Å². The van der Waals surface area contributed by atoms with E-state index in [4.69, 9.17) is 0 Å². The van der Waals surface area contributed by atoms with Crippen LogP contribution in [0.3, 0.4) is 0 Å². The third-order valence-corrected chi connectivity index (χ3v) is 8.62. The molecule has 9 nitrogen and oxygen atoms in total. The zero-order valence-electron chi connectivity index (χ0n) is 17.8. The standard InChI is InChI=1S/C22H21N5O4S2/c1-26(33(30,31)18-7-2-3-10-23-18)17-6-4-5-14-11-16(25-21(14)17)22-24-12-15(32-22)13-27-19(28)8-9-20(27)29/h2-7,10-11,15,25H,8-9,12-13H2,1H3. The quantitative estimate of drug-likeness (QED) is 0.538. The van der Waals surface area contributed by atoms with E-state index in [0.717, 1.165) is 16.1 Å². The van der Waals surface area contributed by atoms with Crippen LogP contribution in [0.15, 0.2) is 58.7 Å². The van der Waals surface area contributed by atoms with Crippen molar-refractivity contribution in [1.29, 1.82) is 0 Å². The Hall–Kier alpha value is -3.18. The number of aliphatic imine (C=N–C) groups is 1. The molecule has 11 heteroatoms. The number of anilines is 1. The number of carbonyl (C=O) groups excluding carboxylic acids is 2. The Morgan fingerprint density at radius 1 is 1.15 bits per heavy atom. The lowest BCUT2D eigenvalue weighted by molar-refractivity contribution is -0.138. The molecule has 1 fully saturated rings. The number of fused-ring (bicyclic) bond motifs is 1. The summed E-state index contributed by atoms with van der Waals surface area (Å²) in [5.74, 6) is -0.247. The number of aromatic nitrogens is 2. The summed E-state index contributed by atoms with van der Waals surface area (Å²) in [6.07, 6.45) is 2.01. The number of sulfonamides is 1. The number of H-pyrrole nitrogens is 1. The molecule has 0 radical (unpaired) electrons. The van der Waals surface area contributed by atoms with Gasteiger partial charge in [0, 0.05) is 43.3 Å². The van der Waals surface area contributed by atoms with Crippen molar-refractivity contribution in [3.05, 3.63) is 54.4 Å². The molecule has 4 heterocycles. The first kappa shape index (κ1) is 21.7. The average Bonchev–Trinajstić information content (AvgIpc) is 3.54. The van der Waals surface area contributed by atoms with Gasteiger partial charge in [0.1, 0.15) is 5.04 Å². The number of nitrogens with one attached hydrogen (secondary N) is 1. The highest BCUT2D eigenvalue weighted by molar-refractivity contribution is 8.15. The number of pyridine rings is 1. The van der Waals surface area contributed by atoms with E-state index in [-0.39, 0.29) is 34.9 Å². The maximum Gasteiger partial charge on any atom is 0.281 e. The molecule has 5 rings (SSSR count). The summed E-state index contributed by atoms with van der Waals surface area (Å²) in [7, 11) is -2.33. The van der Waals surface area contributed by atoms with Crippen molar-refractivity contribution in [2.24, 2.45) is 4.99 Å². The number of rotatable bonds is 6. The molecule has 1 N–H and O–H groups in total. The summed E-state index contributed by atoms with van der Waals surface area (Å²) in [5, 5.41) is 1.60. The summed E-state index contributed by atoms with van der Waals surface area (Å²) in [6.45, 7) is 0.860. The van der Waals surface area contributed by atoms with E-state index in [9.17, 15) is 18.0 Å². The summed E-state index contributed by atoms with van der Waals surface area (Å²) in [5.41, 5.74) is 1.94. The number of aromatic amines is 1. The fourth-order valence-electron chi connectivity index (χ4n) is 3.98. The number of hydrogen-bond donors (Lipinski definition) is 1. The van der Waals surface area contributed by atoms with Crippen molar-refractivity contribution in [3.63, 3.8) is 0 Å². The molecule has 0 spiro atoms. The fourth-order valence-corrected chi connectivity index (χ4v) is 6.19. The number of thioether (sulfide) groups is 1. The Bertz CT molecular complexity index is 1370. The van der Waals surface area contributed by atoms with E-state index in [2.05, 4.69) is 15.0 Å². The number of imide groups is 1. The van der Waals surface area contributed by atoms with Crippen LogP contribution in [0, 0.1) is 0 Å². The van der Waals surface area contributed by atoms with Crippen molar-refractivity contribution in [1.82, 2.24) is 14.9 Å². The summed E-state index contributed by atoms with van der Waals surface area (Å²) in [6, 6.07) is 12.1. The van der Waals surface area contributed by atoms with Gasteiger partial charge in [-0.3, -0.25) is 23.8 Å². The van der Waals surface area contributed by atoms with E-state index < -0.39 is 10.0 Å². The van der Waals surface area contributed by atoms with Crippen molar-refractivity contribution in [2.75, 3.05) is 24.4 Å². The van der Waals surface area contributed by atoms with Gasteiger partial charge in [-0.15, -0.1) is 0 Å². The van der Waals surface area contributed by atoms with E-state index in [1.165, 1.54) is 40.3 Å². The predicted molar refractivity (Wildman–Crippen MR) is 127 cm³/mol. The smallest absolute Gasteiger partial charge is 0.281 e. The summed E-state index contributed by atoms with van der Waals surface area (Å²) >= 11 is 1.52. The topological polar surface area (TPSA) is 116 Å². The molecule has 2 aliphatic rings. The van der Waals surface area contributed by atoms with Crippen molar-refractivity contribution < 1.29 is 18.0 Å². The predicted octanol–water partition coefficient (Wildman–Crippen LogP) is 2.40. The van der Waals surface area contributed by atoms with E-state index in [0.29, 0.717) is 24.3 Å². The van der Waals surface area contributed by atoms with Gasteiger partial charge in [0.15, 0.2) is 5.03 Å². The second kappa shape index (κ2) is 8.31. The molecule has 2 aromatic heterocycles. The van der Waals surface area contributed by atoms with Crippen LogP contribution in [0.25, 0.3) is 10.9 Å². The highest BCUT2D eigenvalue weighted by atomic mass is 32.2. The molecule has 0 saturated carbocycles. The van der Waals surface area contributed by atoms with Gasteiger partial charge < -0.3 is 4.98 Å². The number of benzene rings is 1. The Morgan fingerprint density at radius 3 is 2.67 bits per heavy atom. The fraction of sp³-hybridized carbons (Fsp3) is 0.273. The van der Waals surface area contributed by atoms with Crippen LogP contribution < -0.4 is 4.31 Å². The van der Waals surface area contributed by atoms with E-state index in [1.807, 2.05) is 12.1 Å². The lowest BCUT2D eigenvalue weighted by atomic mass is 10.2. The third kappa shape index (κ3) is 3.91. The minimum Gasteiger partial charge on any atom is -0.351 e. The number of amides is 2. The van der Waals surface area contributed by atoms with Gasteiger partial charge in [-0.05, 0) is 24.3 Å². The minimum atomic E-state index is -3.83. The van der Waals surface area contributed by atoms with Crippen LogP contribution in [-0.2, 0) is 19.6 Å². The van der Waals surface area contributed by atoms with Gasteiger partial charge in [-0.25, -0.2) is 4.98 Å². The van der Waals surface area contributed by atoms with Gasteiger partial charge in [0.25, 0.3) is 10.0 Å². The number of nitrogens with zero attached hydrogens (tertiary/aromatic N) is 4. The summed E-state index contributed by atoms with van der Waals surface area (Å²) < 4.78 is 27.3. The minimum absolute atomic E-state index is 0.00379. The van der Waals surface area contributed by atoms with E-state index >= 15 is 0 Å². The zero-order valence-corrected chi connectivity index (χ0v) is 19.4. The molecule has 1 saturated heterocycles. The Labute approximate surface area is 194 Å². The number of hydrogen-bond acceptors (Lipinski definition) is 7. The summed E-state index contributed by atoms with van der Waals surface area (Å²) in [4.78, 5) is 37.1. The SMILES string of the molecule is CN(c1cccc2cc(C3=NCC(CN4C(=O)CCC4=O)S3)[nH]c12)S(=O)(=O)c1ccccn1. The van der Waals surface area contributed by atoms with Crippen LogP contribution >= 0.6 is 11.8 Å². The molecule has 0 bridgehead atoms. The lowest BCUT2D eigenvalue weighted by Gasteiger charge is -2.19. The Kier molecular flexibility index (Phi) is 5.45. The van der Waals surface area contributed by atoms with Gasteiger partial charge in [-0.2, -0.15) is 8.42 Å². The van der Waals surface area contributed by atoms with Gasteiger partial charge in [0.05, 0.1) is 23.4 Å². The number of carbonyl (C=O) groups is 2. The zero-order chi connectivity index (χ0) is 23.2. The molecule has 0 aliphatic carbocycles. The van der Waals surface area contributed by atoms with Gasteiger partial charge in [0.2, 0.25) is 11.8 Å². The van der Waals surface area contributed by atoms with Crippen LogP contribution in [0.1, 0.15) is 18.5 Å². The molecule has 33 heavy (non-hydrogen) atoms. The van der Waals surface area contributed by atoms with Crippen LogP contribution in [0.2, 0.25) is 0 Å². The molecule has 170 valence electrons. The van der Waals surface area contributed by atoms with Gasteiger partial charge >= 0.3 is 0 Å². The monoisotopic (exact) mass is 483 g/mol. The molecule has 1 unspecified atom stereocenters. The Morgan fingerprint density at radius 2 is 1.94 bits per heavy atom. The maximum absolute atomic E-state index is 13.1. The normalized spacial score (nSPS) is 18.9. The highest BCUT2D eigenvalue weighted by Gasteiger charge is 2.33. The van der Waals surface area contributed by atoms with Crippen molar-refractivity contribution in [3.8, 4) is 0 Å². The first-order valence-corrected chi connectivity index (χ1v) is 12.7. The molecular weight excluding hydrogens is 462 g/mol. The lowest BCUT2D eigenvalue weighted by Crippen LogP contribution is -2.35. The highest BCUT2D eigenvalue weighted by Crippen LogP contribution is 2.33. The first-order chi connectivity index (χ1) is 15.8. The van der Waals surface area contributed by atoms with Gasteiger partial charge in [-0.1, -0.05) is 30.0 Å². The number of likely N-dealkylation sites (tertiary alicyclic amines) is 1. The van der Waals surface area contributed by atoms with Crippen molar-refractivity contribution in [2.45, 2.75) is 23.1 Å². The molecule has 1 atom stereocenters. The van der Waals surface area contributed by atoms with E-state index in [1.54, 1.807) is 24.3 Å². The largest absolute Gasteiger partial charge is 0.351 e. The van der Waals surface area contributed by atoms with Crippen LogP contribution in [0.4, 0.5) is 5.69 Å². The third-order valence-electron chi connectivity index (χ3n) is 5.72. The molecular formula is C22H21N5O4S2. The number of para-hydroxylation sites is 1.